The van der Waals surface area contributed by atoms with Gasteiger partial charge in [-0.2, -0.15) is 5.10 Å². The van der Waals surface area contributed by atoms with Crippen LogP contribution in [0.25, 0.3) is 11.4 Å². The second-order valence-electron chi connectivity index (χ2n) is 3.21. The molecule has 88 valence electrons. The SMILES string of the molecule is CCOC(=O)c1nc(-c2ccccc2Br)n[nH]1. The van der Waals surface area contributed by atoms with Crippen molar-refractivity contribution >= 4 is 21.9 Å². The van der Waals surface area contributed by atoms with E-state index in [-0.39, 0.29) is 5.82 Å². The highest BCUT2D eigenvalue weighted by atomic mass is 79.9. The third-order valence-corrected chi connectivity index (χ3v) is 2.76. The maximum Gasteiger partial charge on any atom is 0.375 e. The zero-order valence-corrected chi connectivity index (χ0v) is 10.7. The Morgan fingerprint density at radius 2 is 2.24 bits per heavy atom. The quantitative estimate of drug-likeness (QED) is 0.883. The number of carbonyl (C=O) groups is 1. The Morgan fingerprint density at radius 3 is 2.94 bits per heavy atom. The first-order valence-corrected chi connectivity index (χ1v) is 5.86. The fraction of sp³-hybridized carbons (Fsp3) is 0.182. The molecule has 0 aliphatic carbocycles. The maximum atomic E-state index is 11.4. The lowest BCUT2D eigenvalue weighted by Gasteiger charge is -1.97. The van der Waals surface area contributed by atoms with Crippen LogP contribution in [-0.4, -0.2) is 27.8 Å². The van der Waals surface area contributed by atoms with Crippen LogP contribution in [0.2, 0.25) is 0 Å². The number of H-pyrrole nitrogens is 1. The number of halogens is 1. The Kier molecular flexibility index (Phi) is 3.53. The van der Waals surface area contributed by atoms with Crippen LogP contribution in [0.1, 0.15) is 17.5 Å². The Balaban J connectivity index is 2.30. The van der Waals surface area contributed by atoms with Crippen molar-refractivity contribution in [2.45, 2.75) is 6.92 Å². The van der Waals surface area contributed by atoms with E-state index >= 15 is 0 Å². The van der Waals surface area contributed by atoms with Crippen molar-refractivity contribution < 1.29 is 9.53 Å². The fourth-order valence-corrected chi connectivity index (χ4v) is 1.78. The molecule has 0 aliphatic rings. The van der Waals surface area contributed by atoms with Gasteiger partial charge in [-0.25, -0.2) is 9.78 Å². The van der Waals surface area contributed by atoms with E-state index in [1.807, 2.05) is 24.3 Å². The highest BCUT2D eigenvalue weighted by Crippen LogP contribution is 2.24. The number of ether oxygens (including phenoxy) is 1. The molecule has 0 unspecified atom stereocenters. The number of aromatic nitrogens is 3. The molecule has 0 atom stereocenters. The van der Waals surface area contributed by atoms with E-state index in [9.17, 15) is 4.79 Å². The minimum Gasteiger partial charge on any atom is -0.460 e. The molecular formula is C11H10BrN3O2. The number of benzene rings is 1. The van der Waals surface area contributed by atoms with Crippen molar-refractivity contribution in [3.05, 3.63) is 34.6 Å². The Morgan fingerprint density at radius 1 is 1.47 bits per heavy atom. The van der Waals surface area contributed by atoms with Gasteiger partial charge in [0.25, 0.3) is 0 Å². The van der Waals surface area contributed by atoms with Crippen LogP contribution < -0.4 is 0 Å². The minimum atomic E-state index is -0.502. The van der Waals surface area contributed by atoms with E-state index in [0.717, 1.165) is 10.0 Å². The van der Waals surface area contributed by atoms with Crippen LogP contribution in [0.15, 0.2) is 28.7 Å². The largest absolute Gasteiger partial charge is 0.460 e. The van der Waals surface area contributed by atoms with Gasteiger partial charge in [-0.3, -0.25) is 5.10 Å². The summed E-state index contributed by atoms with van der Waals surface area (Å²) in [6, 6.07) is 7.52. The lowest BCUT2D eigenvalue weighted by molar-refractivity contribution is 0.0512. The van der Waals surface area contributed by atoms with Gasteiger partial charge < -0.3 is 4.74 Å². The molecule has 2 aromatic rings. The molecule has 0 bridgehead atoms. The molecule has 2 rings (SSSR count). The number of nitrogens with zero attached hydrogens (tertiary/aromatic N) is 2. The van der Waals surface area contributed by atoms with E-state index < -0.39 is 5.97 Å². The number of aromatic amines is 1. The second-order valence-corrected chi connectivity index (χ2v) is 4.06. The maximum absolute atomic E-state index is 11.4. The van der Waals surface area contributed by atoms with Crippen LogP contribution in [0.3, 0.4) is 0 Å². The van der Waals surface area contributed by atoms with Gasteiger partial charge in [0.15, 0.2) is 5.82 Å². The summed E-state index contributed by atoms with van der Waals surface area (Å²) in [4.78, 5) is 15.5. The zero-order chi connectivity index (χ0) is 12.3. The lowest BCUT2D eigenvalue weighted by atomic mass is 10.2. The summed E-state index contributed by atoms with van der Waals surface area (Å²) in [5.74, 6) is 0.0661. The van der Waals surface area contributed by atoms with E-state index in [4.69, 9.17) is 4.74 Å². The van der Waals surface area contributed by atoms with E-state index in [2.05, 4.69) is 31.1 Å². The fourth-order valence-electron chi connectivity index (χ4n) is 1.32. The first-order valence-electron chi connectivity index (χ1n) is 5.06. The summed E-state index contributed by atoms with van der Waals surface area (Å²) in [6.45, 7) is 2.05. The third-order valence-electron chi connectivity index (χ3n) is 2.07. The average molecular weight is 296 g/mol. The van der Waals surface area contributed by atoms with Crippen LogP contribution in [-0.2, 0) is 4.74 Å². The first-order chi connectivity index (χ1) is 8.22. The Hall–Kier alpha value is -1.69. The molecule has 0 saturated heterocycles. The topological polar surface area (TPSA) is 67.9 Å². The number of hydrogen-bond donors (Lipinski definition) is 1. The van der Waals surface area contributed by atoms with Crippen molar-refractivity contribution in [2.24, 2.45) is 0 Å². The number of carbonyl (C=O) groups excluding carboxylic acids is 1. The van der Waals surface area contributed by atoms with Crippen LogP contribution >= 0.6 is 15.9 Å². The number of nitrogens with one attached hydrogen (secondary N) is 1. The average Bonchev–Trinajstić information content (AvgIpc) is 2.79. The Labute approximate surface area is 106 Å². The molecule has 1 aromatic carbocycles. The zero-order valence-electron chi connectivity index (χ0n) is 9.11. The minimum absolute atomic E-state index is 0.109. The second kappa shape index (κ2) is 5.09. The molecule has 0 radical (unpaired) electrons. The monoisotopic (exact) mass is 295 g/mol. The first kappa shape index (κ1) is 11.8. The summed E-state index contributed by atoms with van der Waals surface area (Å²) in [5.41, 5.74) is 0.819. The summed E-state index contributed by atoms with van der Waals surface area (Å²) in [6.07, 6.45) is 0. The number of rotatable bonds is 3. The highest BCUT2D eigenvalue weighted by Gasteiger charge is 2.14. The predicted octanol–water partition coefficient (Wildman–Crippen LogP) is 2.41. The van der Waals surface area contributed by atoms with Gasteiger partial charge in [-0.1, -0.05) is 28.1 Å². The van der Waals surface area contributed by atoms with Gasteiger partial charge in [-0.15, -0.1) is 0 Å². The van der Waals surface area contributed by atoms with Gasteiger partial charge >= 0.3 is 5.97 Å². The molecule has 0 aliphatic heterocycles. The van der Waals surface area contributed by atoms with Gasteiger partial charge in [0.05, 0.1) is 6.61 Å². The lowest BCUT2D eigenvalue weighted by Crippen LogP contribution is -2.06. The molecule has 1 aromatic heterocycles. The van der Waals surface area contributed by atoms with Crippen molar-refractivity contribution in [3.63, 3.8) is 0 Å². The molecule has 1 N–H and O–H groups in total. The summed E-state index contributed by atoms with van der Waals surface area (Å²) >= 11 is 3.40. The van der Waals surface area contributed by atoms with Gasteiger partial charge in [-0.05, 0) is 19.1 Å². The van der Waals surface area contributed by atoms with Crippen LogP contribution in [0.4, 0.5) is 0 Å². The van der Waals surface area contributed by atoms with Crippen LogP contribution in [0.5, 0.6) is 0 Å². The number of esters is 1. The van der Waals surface area contributed by atoms with Gasteiger partial charge in [0, 0.05) is 10.0 Å². The van der Waals surface area contributed by atoms with Crippen molar-refractivity contribution in [1.82, 2.24) is 15.2 Å². The van der Waals surface area contributed by atoms with E-state index in [1.165, 1.54) is 0 Å². The van der Waals surface area contributed by atoms with E-state index in [0.29, 0.717) is 12.4 Å². The van der Waals surface area contributed by atoms with Crippen molar-refractivity contribution in [1.29, 1.82) is 0 Å². The smallest absolute Gasteiger partial charge is 0.375 e. The summed E-state index contributed by atoms with van der Waals surface area (Å²) in [5, 5.41) is 6.54. The Bertz CT molecular complexity index is 539. The molecule has 6 heteroatoms. The van der Waals surface area contributed by atoms with Crippen LogP contribution in [0, 0.1) is 0 Å². The highest BCUT2D eigenvalue weighted by molar-refractivity contribution is 9.10. The molecular weight excluding hydrogens is 286 g/mol. The van der Waals surface area contributed by atoms with E-state index in [1.54, 1.807) is 6.92 Å². The molecule has 5 nitrogen and oxygen atoms in total. The van der Waals surface area contributed by atoms with Crippen molar-refractivity contribution in [2.75, 3.05) is 6.61 Å². The number of hydrogen-bond acceptors (Lipinski definition) is 4. The summed E-state index contributed by atoms with van der Waals surface area (Å²) in [7, 11) is 0. The third kappa shape index (κ3) is 2.52. The van der Waals surface area contributed by atoms with Gasteiger partial charge in [0.1, 0.15) is 0 Å². The predicted molar refractivity (Wildman–Crippen MR) is 65.5 cm³/mol. The molecule has 0 fully saturated rings. The van der Waals surface area contributed by atoms with Gasteiger partial charge in [0.2, 0.25) is 5.82 Å². The molecule has 0 spiro atoms. The molecule has 0 amide bonds. The molecule has 0 saturated carbocycles. The molecule has 17 heavy (non-hydrogen) atoms. The van der Waals surface area contributed by atoms with Crippen molar-refractivity contribution in [3.8, 4) is 11.4 Å². The summed E-state index contributed by atoms with van der Waals surface area (Å²) < 4.78 is 5.69. The molecule has 1 heterocycles. The standard InChI is InChI=1S/C11H10BrN3O2/c1-2-17-11(16)10-13-9(14-15-10)7-5-3-4-6-8(7)12/h3-6H,2H2,1H3,(H,13,14,15). The normalized spacial score (nSPS) is 10.2.